The Labute approximate surface area is 163 Å². The zero-order valence-electron chi connectivity index (χ0n) is 17.1. The summed E-state index contributed by atoms with van der Waals surface area (Å²) < 4.78 is 0. The fourth-order valence-electron chi connectivity index (χ4n) is 8.28. The van der Waals surface area contributed by atoms with Crippen LogP contribution in [0.2, 0.25) is 0 Å². The largest absolute Gasteiger partial charge is 0.481 e. The van der Waals surface area contributed by atoms with Crippen molar-refractivity contribution in [3.05, 3.63) is 0 Å². The Morgan fingerprint density at radius 2 is 1.67 bits per heavy atom. The van der Waals surface area contributed by atoms with E-state index in [-0.39, 0.29) is 29.5 Å². The lowest BCUT2D eigenvalue weighted by molar-refractivity contribution is -0.172. The van der Waals surface area contributed by atoms with Crippen molar-refractivity contribution in [2.45, 2.75) is 96.7 Å². The van der Waals surface area contributed by atoms with Crippen LogP contribution in [0.5, 0.6) is 0 Å². The van der Waals surface area contributed by atoms with Crippen LogP contribution < -0.4 is 0 Å². The topological polar surface area (TPSA) is 77.8 Å². The molecule has 0 amide bonds. The smallest absolute Gasteiger partial charge is 0.303 e. The van der Waals surface area contributed by atoms with E-state index in [4.69, 9.17) is 5.11 Å². The Morgan fingerprint density at radius 3 is 2.41 bits per heavy atom. The molecule has 154 valence electrons. The Kier molecular flexibility index (Phi) is 5.12. The minimum atomic E-state index is -0.681. The van der Waals surface area contributed by atoms with Gasteiger partial charge in [0, 0.05) is 6.42 Å². The third-order valence-corrected chi connectivity index (χ3v) is 9.80. The Bertz CT molecular complexity index is 577. The van der Waals surface area contributed by atoms with Gasteiger partial charge in [0.25, 0.3) is 0 Å². The number of hydrogen-bond acceptors (Lipinski definition) is 3. The lowest BCUT2D eigenvalue weighted by Gasteiger charge is -2.62. The summed E-state index contributed by atoms with van der Waals surface area (Å²) >= 11 is 0. The number of carbonyl (C=O) groups is 1. The molecule has 4 aliphatic rings. The third kappa shape index (κ3) is 3.15. The van der Waals surface area contributed by atoms with Gasteiger partial charge in [0.15, 0.2) is 0 Å². The number of carboxylic acids is 1. The lowest BCUT2D eigenvalue weighted by Crippen LogP contribution is -2.58. The molecule has 0 heterocycles. The van der Waals surface area contributed by atoms with E-state index in [1.54, 1.807) is 0 Å². The molecule has 4 fully saturated rings. The fourth-order valence-corrected chi connectivity index (χ4v) is 8.28. The van der Waals surface area contributed by atoms with Gasteiger partial charge in [-0.05, 0) is 105 Å². The minimum Gasteiger partial charge on any atom is -0.481 e. The number of aliphatic hydroxyl groups excluding tert-OH is 2. The minimum absolute atomic E-state index is 0.175. The molecule has 4 saturated carbocycles. The van der Waals surface area contributed by atoms with Gasteiger partial charge in [-0.25, -0.2) is 0 Å². The molecule has 4 rings (SSSR count). The fraction of sp³-hybridized carbons (Fsp3) is 0.957. The van der Waals surface area contributed by atoms with Crippen LogP contribution in [-0.4, -0.2) is 33.5 Å². The van der Waals surface area contributed by atoms with Gasteiger partial charge in [-0.2, -0.15) is 0 Å². The van der Waals surface area contributed by atoms with Gasteiger partial charge in [0.1, 0.15) is 0 Å². The molecule has 27 heavy (non-hydrogen) atoms. The van der Waals surface area contributed by atoms with E-state index in [0.29, 0.717) is 29.6 Å². The first-order valence-corrected chi connectivity index (χ1v) is 11.3. The third-order valence-electron chi connectivity index (χ3n) is 9.80. The number of hydrogen-bond donors (Lipinski definition) is 3. The van der Waals surface area contributed by atoms with Crippen LogP contribution in [0.25, 0.3) is 0 Å². The van der Waals surface area contributed by atoms with E-state index in [1.807, 2.05) is 0 Å². The zero-order chi connectivity index (χ0) is 19.4. The van der Waals surface area contributed by atoms with Crippen molar-refractivity contribution in [3.63, 3.8) is 0 Å². The molecule has 0 aromatic heterocycles. The van der Waals surface area contributed by atoms with Crippen LogP contribution in [0.1, 0.15) is 84.5 Å². The highest BCUT2D eigenvalue weighted by Gasteiger charge is 2.62. The van der Waals surface area contributed by atoms with Gasteiger partial charge in [-0.15, -0.1) is 0 Å². The average molecular weight is 379 g/mol. The normalized spacial score (nSPS) is 51.9. The molecule has 0 aromatic carbocycles. The predicted octanol–water partition coefficient (Wildman–Crippen LogP) is 4.23. The summed E-state index contributed by atoms with van der Waals surface area (Å²) in [6, 6.07) is 0. The van der Waals surface area contributed by atoms with Crippen molar-refractivity contribution < 1.29 is 20.1 Å². The zero-order valence-corrected chi connectivity index (χ0v) is 17.1. The molecule has 0 aromatic rings. The summed E-state index contributed by atoms with van der Waals surface area (Å²) in [7, 11) is 0. The van der Waals surface area contributed by atoms with E-state index in [2.05, 4.69) is 13.8 Å². The summed E-state index contributed by atoms with van der Waals surface area (Å²) in [5, 5.41) is 30.3. The molecular formula is C23H38O4. The van der Waals surface area contributed by atoms with Crippen molar-refractivity contribution in [2.75, 3.05) is 0 Å². The van der Waals surface area contributed by atoms with Crippen LogP contribution >= 0.6 is 0 Å². The highest BCUT2D eigenvalue weighted by molar-refractivity contribution is 5.66. The maximum atomic E-state index is 11.2. The molecule has 0 spiro atoms. The first kappa shape index (κ1) is 19.7. The monoisotopic (exact) mass is 378 g/mol. The van der Waals surface area contributed by atoms with Crippen LogP contribution in [0, 0.1) is 40.4 Å². The molecule has 4 nitrogen and oxygen atoms in total. The number of fused-ring (bicyclic) bond motifs is 5. The second kappa shape index (κ2) is 7.02. The van der Waals surface area contributed by atoms with E-state index in [1.165, 1.54) is 25.7 Å². The maximum absolute atomic E-state index is 11.2. The molecule has 9 atom stereocenters. The Morgan fingerprint density at radius 1 is 0.963 bits per heavy atom. The second-order valence-electron chi connectivity index (χ2n) is 10.8. The molecular weight excluding hydrogens is 340 g/mol. The Balaban J connectivity index is 1.53. The first-order chi connectivity index (χ1) is 12.8. The molecule has 4 aliphatic carbocycles. The van der Waals surface area contributed by atoms with Crippen molar-refractivity contribution in [2.24, 2.45) is 40.4 Å². The number of rotatable bonds is 4. The second-order valence-corrected chi connectivity index (χ2v) is 10.8. The van der Waals surface area contributed by atoms with Crippen LogP contribution in [0.4, 0.5) is 0 Å². The number of carboxylic acid groups (broad SMARTS) is 1. The molecule has 4 heteroatoms. The summed E-state index contributed by atoms with van der Waals surface area (Å²) in [5.41, 5.74) is 0.559. The van der Waals surface area contributed by atoms with E-state index < -0.39 is 5.97 Å². The highest BCUT2D eigenvalue weighted by Crippen LogP contribution is 2.67. The van der Waals surface area contributed by atoms with E-state index in [0.717, 1.165) is 38.5 Å². The molecule has 0 radical (unpaired) electrons. The number of aliphatic hydroxyl groups is 2. The van der Waals surface area contributed by atoms with Crippen molar-refractivity contribution >= 4 is 5.97 Å². The van der Waals surface area contributed by atoms with Gasteiger partial charge < -0.3 is 15.3 Å². The summed E-state index contributed by atoms with van der Waals surface area (Å²) in [4.78, 5) is 10.9. The van der Waals surface area contributed by atoms with Gasteiger partial charge >= 0.3 is 5.97 Å². The SMILES string of the molecule is C[C@]12CCC3C(C1CCC2CCCC(=O)O)[C@H](O)C[C@@H]1C[C@H](O)CC[C@]31C. The molecule has 0 aliphatic heterocycles. The first-order valence-electron chi connectivity index (χ1n) is 11.3. The van der Waals surface area contributed by atoms with Crippen molar-refractivity contribution in [1.29, 1.82) is 0 Å². The Hall–Kier alpha value is -0.610. The molecule has 4 unspecified atom stereocenters. The summed E-state index contributed by atoms with van der Waals surface area (Å²) in [5.74, 6) is 1.99. The van der Waals surface area contributed by atoms with Crippen molar-refractivity contribution in [1.82, 2.24) is 0 Å². The summed E-state index contributed by atoms with van der Waals surface area (Å²) in [6.07, 6.45) is 10.3. The maximum Gasteiger partial charge on any atom is 0.303 e. The van der Waals surface area contributed by atoms with Gasteiger partial charge in [-0.1, -0.05) is 13.8 Å². The highest BCUT2D eigenvalue weighted by atomic mass is 16.4. The van der Waals surface area contributed by atoms with Crippen LogP contribution in [0.15, 0.2) is 0 Å². The van der Waals surface area contributed by atoms with E-state index in [9.17, 15) is 15.0 Å². The van der Waals surface area contributed by atoms with Crippen LogP contribution in [0.3, 0.4) is 0 Å². The molecule has 0 saturated heterocycles. The predicted molar refractivity (Wildman–Crippen MR) is 104 cm³/mol. The van der Waals surface area contributed by atoms with Gasteiger partial charge in [0.05, 0.1) is 12.2 Å². The van der Waals surface area contributed by atoms with Gasteiger partial charge in [0.2, 0.25) is 0 Å². The lowest BCUT2D eigenvalue weighted by atomic mass is 9.44. The molecule has 0 bridgehead atoms. The molecule has 3 N–H and O–H groups in total. The number of aliphatic carboxylic acids is 1. The van der Waals surface area contributed by atoms with Gasteiger partial charge in [-0.3, -0.25) is 4.79 Å². The van der Waals surface area contributed by atoms with Crippen molar-refractivity contribution in [3.8, 4) is 0 Å². The quantitative estimate of drug-likeness (QED) is 0.684. The summed E-state index contributed by atoms with van der Waals surface area (Å²) in [6.45, 7) is 4.90. The van der Waals surface area contributed by atoms with E-state index >= 15 is 0 Å². The van der Waals surface area contributed by atoms with Crippen LogP contribution in [-0.2, 0) is 4.79 Å². The average Bonchev–Trinajstić information content (AvgIpc) is 2.93. The standard InChI is InChI=1S/C23H38O4/c1-22-11-9-18-21(17(22)7-6-14(22)4-3-5-20(26)27)19(25)13-15-12-16(24)8-10-23(15,18)2/h14-19,21,24-25H,3-13H2,1-2H3,(H,26,27)/t14?,15-,16+,17?,18?,19+,21?,22+,23-/m0/s1.